The second-order valence-corrected chi connectivity index (χ2v) is 5.39. The molecule has 3 nitrogen and oxygen atoms in total. The molecule has 20 heavy (non-hydrogen) atoms. The number of nitrogens with zero attached hydrogens (tertiary/aromatic N) is 2. The molecule has 1 saturated heterocycles. The monoisotopic (exact) mass is 268 g/mol. The molecule has 1 atom stereocenters. The molecular formula is C17H20N2O. The van der Waals surface area contributed by atoms with Crippen molar-refractivity contribution in [3.05, 3.63) is 60.4 Å². The molecule has 1 aromatic carbocycles. The van der Waals surface area contributed by atoms with E-state index in [2.05, 4.69) is 34.1 Å². The van der Waals surface area contributed by atoms with Crippen molar-refractivity contribution in [2.75, 3.05) is 18.0 Å². The highest BCUT2D eigenvalue weighted by molar-refractivity contribution is 5.46. The van der Waals surface area contributed by atoms with Crippen LogP contribution in [0.15, 0.2) is 54.9 Å². The van der Waals surface area contributed by atoms with E-state index in [0.29, 0.717) is 5.92 Å². The highest BCUT2D eigenvalue weighted by Gasteiger charge is 2.26. The average Bonchev–Trinajstić information content (AvgIpc) is 2.56. The SMILES string of the molecule is OC(c1cccnc1)C1CCN(c2ccccc2)CC1. The Labute approximate surface area is 119 Å². The van der Waals surface area contributed by atoms with Gasteiger partial charge >= 0.3 is 0 Å². The Hall–Kier alpha value is -1.87. The normalized spacial score (nSPS) is 17.9. The zero-order chi connectivity index (χ0) is 13.8. The van der Waals surface area contributed by atoms with E-state index in [0.717, 1.165) is 31.5 Å². The van der Waals surface area contributed by atoms with E-state index in [1.54, 1.807) is 12.4 Å². The molecular weight excluding hydrogens is 248 g/mol. The van der Waals surface area contributed by atoms with Crippen LogP contribution in [0.5, 0.6) is 0 Å². The van der Waals surface area contributed by atoms with Crippen molar-refractivity contribution in [1.82, 2.24) is 4.98 Å². The van der Waals surface area contributed by atoms with Gasteiger partial charge in [0.2, 0.25) is 0 Å². The van der Waals surface area contributed by atoms with Crippen LogP contribution in [0.4, 0.5) is 5.69 Å². The summed E-state index contributed by atoms with van der Waals surface area (Å²) >= 11 is 0. The molecule has 3 rings (SSSR count). The number of hydrogen-bond acceptors (Lipinski definition) is 3. The maximum absolute atomic E-state index is 10.4. The molecule has 0 spiro atoms. The van der Waals surface area contributed by atoms with Crippen LogP contribution >= 0.6 is 0 Å². The van der Waals surface area contributed by atoms with Crippen molar-refractivity contribution in [3.8, 4) is 0 Å². The standard InChI is InChI=1S/C17H20N2O/c20-17(15-5-4-10-18-13-15)14-8-11-19(12-9-14)16-6-2-1-3-7-16/h1-7,10,13-14,17,20H,8-9,11-12H2. The Morgan fingerprint density at radius 3 is 2.45 bits per heavy atom. The molecule has 0 aliphatic carbocycles. The van der Waals surface area contributed by atoms with Crippen LogP contribution in [-0.2, 0) is 0 Å². The van der Waals surface area contributed by atoms with Gasteiger partial charge in [-0.3, -0.25) is 4.98 Å². The lowest BCUT2D eigenvalue weighted by atomic mass is 9.88. The van der Waals surface area contributed by atoms with Gasteiger partial charge in [0, 0.05) is 31.2 Å². The molecule has 1 aromatic heterocycles. The molecule has 1 aliphatic rings. The van der Waals surface area contributed by atoms with Crippen LogP contribution in [0.1, 0.15) is 24.5 Å². The lowest BCUT2D eigenvalue weighted by Crippen LogP contribution is -2.35. The van der Waals surface area contributed by atoms with Gasteiger partial charge in [-0.2, -0.15) is 0 Å². The van der Waals surface area contributed by atoms with Crippen LogP contribution in [-0.4, -0.2) is 23.2 Å². The van der Waals surface area contributed by atoms with Crippen molar-refractivity contribution >= 4 is 5.69 Å². The summed E-state index contributed by atoms with van der Waals surface area (Å²) in [6.07, 6.45) is 5.17. The Balaban J connectivity index is 1.61. The Morgan fingerprint density at radius 2 is 1.80 bits per heavy atom. The van der Waals surface area contributed by atoms with Gasteiger partial charge in [-0.1, -0.05) is 24.3 Å². The van der Waals surface area contributed by atoms with Crippen molar-refractivity contribution in [1.29, 1.82) is 0 Å². The largest absolute Gasteiger partial charge is 0.388 e. The van der Waals surface area contributed by atoms with Crippen LogP contribution in [0.3, 0.4) is 0 Å². The smallest absolute Gasteiger partial charge is 0.0834 e. The van der Waals surface area contributed by atoms with Crippen molar-refractivity contribution in [2.24, 2.45) is 5.92 Å². The second-order valence-electron chi connectivity index (χ2n) is 5.39. The van der Waals surface area contributed by atoms with Gasteiger partial charge in [0.15, 0.2) is 0 Å². The van der Waals surface area contributed by atoms with Crippen LogP contribution < -0.4 is 4.90 Å². The van der Waals surface area contributed by atoms with Crippen molar-refractivity contribution in [3.63, 3.8) is 0 Å². The molecule has 3 heteroatoms. The minimum absolute atomic E-state index is 0.333. The number of para-hydroxylation sites is 1. The van der Waals surface area contributed by atoms with Gasteiger partial charge in [0.05, 0.1) is 6.10 Å². The van der Waals surface area contributed by atoms with Crippen molar-refractivity contribution < 1.29 is 5.11 Å². The minimum atomic E-state index is -0.387. The predicted molar refractivity (Wildman–Crippen MR) is 80.6 cm³/mol. The summed E-state index contributed by atoms with van der Waals surface area (Å²) in [6, 6.07) is 14.3. The van der Waals surface area contributed by atoms with Gasteiger partial charge in [-0.25, -0.2) is 0 Å². The highest BCUT2D eigenvalue weighted by atomic mass is 16.3. The molecule has 1 N–H and O–H groups in total. The summed E-state index contributed by atoms with van der Waals surface area (Å²) in [7, 11) is 0. The number of benzene rings is 1. The Morgan fingerprint density at radius 1 is 1.05 bits per heavy atom. The number of aliphatic hydroxyl groups is 1. The van der Waals surface area contributed by atoms with E-state index in [9.17, 15) is 5.11 Å². The number of hydrogen-bond donors (Lipinski definition) is 1. The van der Waals surface area contributed by atoms with Gasteiger partial charge in [0.25, 0.3) is 0 Å². The first kappa shape index (κ1) is 13.1. The Kier molecular flexibility index (Phi) is 3.97. The molecule has 1 aliphatic heterocycles. The highest BCUT2D eigenvalue weighted by Crippen LogP contribution is 2.31. The number of anilines is 1. The fraction of sp³-hybridized carbons (Fsp3) is 0.353. The number of aromatic nitrogens is 1. The first-order valence-electron chi connectivity index (χ1n) is 7.22. The first-order chi connectivity index (χ1) is 9.84. The van der Waals surface area contributed by atoms with E-state index in [1.807, 2.05) is 18.2 Å². The van der Waals surface area contributed by atoms with E-state index in [1.165, 1.54) is 5.69 Å². The summed E-state index contributed by atoms with van der Waals surface area (Å²) < 4.78 is 0. The number of pyridine rings is 1. The third kappa shape index (κ3) is 2.83. The van der Waals surface area contributed by atoms with E-state index < -0.39 is 0 Å². The quantitative estimate of drug-likeness (QED) is 0.929. The van der Waals surface area contributed by atoms with Gasteiger partial charge in [-0.15, -0.1) is 0 Å². The molecule has 2 aromatic rings. The predicted octanol–water partition coefficient (Wildman–Crippen LogP) is 3.03. The molecule has 1 unspecified atom stereocenters. The summed E-state index contributed by atoms with van der Waals surface area (Å²) in [4.78, 5) is 6.49. The topological polar surface area (TPSA) is 36.4 Å². The summed E-state index contributed by atoms with van der Waals surface area (Å²) in [5.41, 5.74) is 2.22. The van der Waals surface area contributed by atoms with Crippen molar-refractivity contribution in [2.45, 2.75) is 18.9 Å². The second kappa shape index (κ2) is 6.06. The molecule has 0 saturated carbocycles. The third-order valence-electron chi connectivity index (χ3n) is 4.13. The fourth-order valence-electron chi connectivity index (χ4n) is 2.94. The molecule has 2 heterocycles. The summed E-state index contributed by atoms with van der Waals surface area (Å²) in [6.45, 7) is 2.01. The van der Waals surface area contributed by atoms with Gasteiger partial charge in [-0.05, 0) is 42.5 Å². The van der Waals surface area contributed by atoms with Crippen LogP contribution in [0.25, 0.3) is 0 Å². The lowest BCUT2D eigenvalue weighted by Gasteiger charge is -2.35. The Bertz CT molecular complexity index is 521. The lowest BCUT2D eigenvalue weighted by molar-refractivity contribution is 0.0926. The number of rotatable bonds is 3. The minimum Gasteiger partial charge on any atom is -0.388 e. The third-order valence-corrected chi connectivity index (χ3v) is 4.13. The molecule has 104 valence electrons. The average molecular weight is 268 g/mol. The first-order valence-corrected chi connectivity index (χ1v) is 7.22. The summed E-state index contributed by atoms with van der Waals surface area (Å²) in [5.74, 6) is 0.333. The van der Waals surface area contributed by atoms with Gasteiger partial charge in [0.1, 0.15) is 0 Å². The molecule has 0 radical (unpaired) electrons. The van der Waals surface area contributed by atoms with E-state index >= 15 is 0 Å². The van der Waals surface area contributed by atoms with Gasteiger partial charge < -0.3 is 10.0 Å². The number of aliphatic hydroxyl groups excluding tert-OH is 1. The van der Waals surface area contributed by atoms with Crippen LogP contribution in [0.2, 0.25) is 0 Å². The van der Waals surface area contributed by atoms with Crippen LogP contribution in [0, 0.1) is 5.92 Å². The molecule has 0 amide bonds. The molecule has 0 bridgehead atoms. The zero-order valence-corrected chi connectivity index (χ0v) is 11.5. The fourth-order valence-corrected chi connectivity index (χ4v) is 2.94. The zero-order valence-electron chi connectivity index (χ0n) is 11.5. The van der Waals surface area contributed by atoms with E-state index in [-0.39, 0.29) is 6.10 Å². The molecule has 1 fully saturated rings. The summed E-state index contributed by atoms with van der Waals surface area (Å²) in [5, 5.41) is 10.4. The maximum atomic E-state index is 10.4. The number of piperidine rings is 1. The maximum Gasteiger partial charge on any atom is 0.0834 e. The van der Waals surface area contributed by atoms with E-state index in [4.69, 9.17) is 0 Å².